The molecule has 1 heterocycles. The molecular formula is C10H16N2O4. The summed E-state index contributed by atoms with van der Waals surface area (Å²) in [5, 5.41) is 19.3. The Balaban J connectivity index is 2.03. The summed E-state index contributed by atoms with van der Waals surface area (Å²) in [6.07, 6.45) is 3.75. The van der Waals surface area contributed by atoms with Crippen molar-refractivity contribution >= 4 is 11.9 Å². The zero-order chi connectivity index (χ0) is 11.7. The molecule has 0 aromatic heterocycles. The van der Waals surface area contributed by atoms with Gasteiger partial charge in [0, 0.05) is 6.04 Å². The number of carboxylic acid groups (broad SMARTS) is 2. The van der Waals surface area contributed by atoms with Crippen LogP contribution in [0.2, 0.25) is 0 Å². The number of hydrazine groups is 1. The molecule has 3 unspecified atom stereocenters. The first-order valence-corrected chi connectivity index (χ1v) is 5.56. The van der Waals surface area contributed by atoms with Crippen LogP contribution in [0, 0.1) is 5.92 Å². The summed E-state index contributed by atoms with van der Waals surface area (Å²) in [4.78, 5) is 21.5. The lowest BCUT2D eigenvalue weighted by Gasteiger charge is -2.27. The molecular weight excluding hydrogens is 212 g/mol. The second-order valence-electron chi connectivity index (χ2n) is 4.48. The first kappa shape index (κ1) is 11.3. The molecule has 2 rings (SSSR count). The standard InChI is InChI=1S/C10H16N2O4/c13-9(14)5-11-12-7-3-1-2-6(7)4-8(12)10(15)16/h6-8,11H,1-5H2,(H,13,14)(H,15,16). The minimum absolute atomic E-state index is 0.195. The fourth-order valence-corrected chi connectivity index (χ4v) is 2.90. The molecule has 0 spiro atoms. The monoisotopic (exact) mass is 228 g/mol. The van der Waals surface area contributed by atoms with Crippen molar-refractivity contribution in [2.24, 2.45) is 5.92 Å². The SMILES string of the molecule is O=C(O)CNN1C(C(=O)O)CC2CCCC21. The van der Waals surface area contributed by atoms with Crippen LogP contribution in [-0.4, -0.2) is 45.8 Å². The molecule has 1 aliphatic carbocycles. The highest BCUT2D eigenvalue weighted by molar-refractivity contribution is 5.74. The maximum absolute atomic E-state index is 11.1. The lowest BCUT2D eigenvalue weighted by molar-refractivity contribution is -0.146. The molecule has 3 N–H and O–H groups in total. The van der Waals surface area contributed by atoms with Crippen LogP contribution in [0.4, 0.5) is 0 Å². The third-order valence-electron chi connectivity index (χ3n) is 3.54. The molecule has 1 aliphatic heterocycles. The van der Waals surface area contributed by atoms with E-state index in [0.29, 0.717) is 12.3 Å². The summed E-state index contributed by atoms with van der Waals surface area (Å²) in [5.41, 5.74) is 2.74. The Bertz CT molecular complexity index is 307. The lowest BCUT2D eigenvalue weighted by Crippen LogP contribution is -2.51. The highest BCUT2D eigenvalue weighted by Crippen LogP contribution is 2.40. The van der Waals surface area contributed by atoms with Crippen molar-refractivity contribution in [2.45, 2.75) is 37.8 Å². The number of nitrogens with zero attached hydrogens (tertiary/aromatic N) is 1. The van der Waals surface area contributed by atoms with Crippen LogP contribution in [0.15, 0.2) is 0 Å². The topological polar surface area (TPSA) is 89.9 Å². The van der Waals surface area contributed by atoms with Crippen molar-refractivity contribution in [3.05, 3.63) is 0 Å². The van der Waals surface area contributed by atoms with Gasteiger partial charge in [-0.2, -0.15) is 0 Å². The van der Waals surface area contributed by atoms with Gasteiger partial charge in [-0.15, -0.1) is 0 Å². The minimum Gasteiger partial charge on any atom is -0.480 e. The molecule has 3 atom stereocenters. The van der Waals surface area contributed by atoms with Crippen LogP contribution in [-0.2, 0) is 9.59 Å². The van der Waals surface area contributed by atoms with Crippen molar-refractivity contribution in [1.29, 1.82) is 0 Å². The third-order valence-corrected chi connectivity index (χ3v) is 3.54. The Morgan fingerprint density at radius 1 is 1.31 bits per heavy atom. The smallest absolute Gasteiger partial charge is 0.322 e. The van der Waals surface area contributed by atoms with Gasteiger partial charge >= 0.3 is 11.9 Å². The van der Waals surface area contributed by atoms with Gasteiger partial charge in [0.2, 0.25) is 0 Å². The van der Waals surface area contributed by atoms with Gasteiger partial charge in [0.05, 0.1) is 0 Å². The summed E-state index contributed by atoms with van der Waals surface area (Å²) in [6.45, 7) is -0.215. The van der Waals surface area contributed by atoms with Gasteiger partial charge in [-0.25, -0.2) is 10.4 Å². The second kappa shape index (κ2) is 4.39. The number of hydrogen-bond donors (Lipinski definition) is 3. The second-order valence-corrected chi connectivity index (χ2v) is 4.48. The number of nitrogens with one attached hydrogen (secondary N) is 1. The maximum Gasteiger partial charge on any atom is 0.322 e. The summed E-state index contributed by atoms with van der Waals surface area (Å²) < 4.78 is 0. The van der Waals surface area contributed by atoms with E-state index in [0.717, 1.165) is 19.3 Å². The highest BCUT2D eigenvalue weighted by atomic mass is 16.4. The summed E-state index contributed by atoms with van der Waals surface area (Å²) in [5.74, 6) is -1.43. The van der Waals surface area contributed by atoms with Gasteiger partial charge in [0.25, 0.3) is 0 Å². The minimum atomic E-state index is -0.967. The van der Waals surface area contributed by atoms with Crippen molar-refractivity contribution < 1.29 is 19.8 Å². The molecule has 2 aliphatic rings. The van der Waals surface area contributed by atoms with E-state index in [1.54, 1.807) is 5.01 Å². The Morgan fingerprint density at radius 2 is 2.06 bits per heavy atom. The van der Waals surface area contributed by atoms with Crippen LogP contribution < -0.4 is 5.43 Å². The van der Waals surface area contributed by atoms with Gasteiger partial charge in [-0.1, -0.05) is 6.42 Å². The number of hydrogen-bond acceptors (Lipinski definition) is 4. The van der Waals surface area contributed by atoms with E-state index >= 15 is 0 Å². The molecule has 2 fully saturated rings. The van der Waals surface area contributed by atoms with E-state index in [-0.39, 0.29) is 12.6 Å². The molecule has 90 valence electrons. The average molecular weight is 228 g/mol. The van der Waals surface area contributed by atoms with Gasteiger partial charge < -0.3 is 10.2 Å². The van der Waals surface area contributed by atoms with E-state index < -0.39 is 18.0 Å². The van der Waals surface area contributed by atoms with Crippen molar-refractivity contribution in [2.75, 3.05) is 6.54 Å². The van der Waals surface area contributed by atoms with Crippen molar-refractivity contribution in [3.8, 4) is 0 Å². The number of rotatable bonds is 4. The molecule has 0 aromatic rings. The molecule has 0 bridgehead atoms. The van der Waals surface area contributed by atoms with Gasteiger partial charge in [0.15, 0.2) is 0 Å². The lowest BCUT2D eigenvalue weighted by atomic mass is 10.0. The molecule has 0 radical (unpaired) electrons. The fraction of sp³-hybridized carbons (Fsp3) is 0.800. The third kappa shape index (κ3) is 2.03. The predicted octanol–water partition coefficient (Wildman–Crippen LogP) is -0.0968. The van der Waals surface area contributed by atoms with Crippen LogP contribution in [0.5, 0.6) is 0 Å². The first-order chi connectivity index (χ1) is 7.59. The van der Waals surface area contributed by atoms with Crippen molar-refractivity contribution in [3.63, 3.8) is 0 Å². The van der Waals surface area contributed by atoms with E-state index in [1.807, 2.05) is 0 Å². The Morgan fingerprint density at radius 3 is 2.69 bits per heavy atom. The number of fused-ring (bicyclic) bond motifs is 1. The summed E-state index contributed by atoms with van der Waals surface area (Å²) >= 11 is 0. The number of carbonyl (C=O) groups is 2. The number of aliphatic carboxylic acids is 2. The Labute approximate surface area is 93.2 Å². The summed E-state index contributed by atoms with van der Waals surface area (Å²) in [6, 6.07) is -0.380. The van der Waals surface area contributed by atoms with E-state index in [4.69, 9.17) is 10.2 Å². The molecule has 1 saturated carbocycles. The van der Waals surface area contributed by atoms with Gasteiger partial charge in [0.1, 0.15) is 12.6 Å². The maximum atomic E-state index is 11.1. The average Bonchev–Trinajstić information content (AvgIpc) is 2.73. The van der Waals surface area contributed by atoms with Crippen LogP contribution in [0.1, 0.15) is 25.7 Å². The zero-order valence-electron chi connectivity index (χ0n) is 8.93. The highest BCUT2D eigenvalue weighted by Gasteiger charge is 2.46. The fourth-order valence-electron chi connectivity index (χ4n) is 2.90. The Hall–Kier alpha value is -1.14. The van der Waals surface area contributed by atoms with E-state index in [2.05, 4.69) is 5.43 Å². The molecule has 0 aromatic carbocycles. The summed E-state index contributed by atoms with van der Waals surface area (Å²) in [7, 11) is 0. The van der Waals surface area contributed by atoms with Gasteiger partial charge in [-0.05, 0) is 25.2 Å². The Kier molecular flexibility index (Phi) is 3.11. The normalized spacial score (nSPS) is 33.9. The molecule has 6 nitrogen and oxygen atoms in total. The van der Waals surface area contributed by atoms with Crippen LogP contribution >= 0.6 is 0 Å². The molecule has 0 amide bonds. The van der Waals surface area contributed by atoms with E-state index in [1.165, 1.54) is 0 Å². The quantitative estimate of drug-likeness (QED) is 0.622. The zero-order valence-corrected chi connectivity index (χ0v) is 8.93. The van der Waals surface area contributed by atoms with Crippen molar-refractivity contribution in [1.82, 2.24) is 10.4 Å². The van der Waals surface area contributed by atoms with Gasteiger partial charge in [-0.3, -0.25) is 9.59 Å². The molecule has 6 heteroatoms. The largest absolute Gasteiger partial charge is 0.480 e. The van der Waals surface area contributed by atoms with Crippen LogP contribution in [0.3, 0.4) is 0 Å². The van der Waals surface area contributed by atoms with Crippen LogP contribution in [0.25, 0.3) is 0 Å². The van der Waals surface area contributed by atoms with E-state index in [9.17, 15) is 9.59 Å². The predicted molar refractivity (Wildman–Crippen MR) is 54.6 cm³/mol. The molecule has 1 saturated heterocycles. The molecule has 16 heavy (non-hydrogen) atoms. The number of carboxylic acids is 2. The first-order valence-electron chi connectivity index (χ1n) is 5.56.